The molecule has 1 aliphatic heterocycles. The van der Waals surface area contributed by atoms with Crippen LogP contribution in [0.2, 0.25) is 0 Å². The highest BCUT2D eigenvalue weighted by atomic mass is 35.5. The highest BCUT2D eigenvalue weighted by molar-refractivity contribution is 6.18. The minimum Gasteiger partial charge on any atom is -0.508 e. The third-order valence-electron chi connectivity index (χ3n) is 3.12. The number of benzene rings is 1. The van der Waals surface area contributed by atoms with Crippen molar-refractivity contribution in [1.82, 2.24) is 4.90 Å². The van der Waals surface area contributed by atoms with Gasteiger partial charge in [0, 0.05) is 13.1 Å². The van der Waals surface area contributed by atoms with Crippen LogP contribution in [0, 0.1) is 0 Å². The average Bonchev–Trinajstić information content (AvgIpc) is 2.38. The van der Waals surface area contributed by atoms with Gasteiger partial charge in [-0.25, -0.2) is 0 Å². The lowest BCUT2D eigenvalue weighted by Crippen LogP contribution is -2.50. The SMILES string of the molecule is CC1CN(C(=O)Cc2cccc(O)c2)CC(CCl)O1. The van der Waals surface area contributed by atoms with Gasteiger partial charge in [-0.3, -0.25) is 4.79 Å². The van der Waals surface area contributed by atoms with Gasteiger partial charge in [0.05, 0.1) is 24.5 Å². The number of phenols is 1. The molecule has 0 spiro atoms. The number of ether oxygens (including phenoxy) is 1. The molecule has 1 heterocycles. The van der Waals surface area contributed by atoms with Crippen molar-refractivity contribution in [3.05, 3.63) is 29.8 Å². The Bertz CT molecular complexity index is 452. The molecule has 1 amide bonds. The molecule has 0 aromatic heterocycles. The molecule has 104 valence electrons. The molecule has 1 fully saturated rings. The number of hydrogen-bond donors (Lipinski definition) is 1. The van der Waals surface area contributed by atoms with Crippen molar-refractivity contribution in [3.63, 3.8) is 0 Å². The van der Waals surface area contributed by atoms with Crippen LogP contribution in [0.3, 0.4) is 0 Å². The largest absolute Gasteiger partial charge is 0.508 e. The van der Waals surface area contributed by atoms with Crippen LogP contribution >= 0.6 is 11.6 Å². The minimum absolute atomic E-state index is 0.00521. The first kappa shape index (κ1) is 14.2. The Kier molecular flexibility index (Phi) is 4.66. The van der Waals surface area contributed by atoms with Crippen molar-refractivity contribution in [3.8, 4) is 5.75 Å². The predicted molar refractivity (Wildman–Crippen MR) is 73.4 cm³/mol. The van der Waals surface area contributed by atoms with Crippen LogP contribution in [0.1, 0.15) is 12.5 Å². The molecule has 1 aliphatic rings. The normalized spacial score (nSPS) is 23.4. The number of alkyl halides is 1. The first-order chi connectivity index (χ1) is 9.08. The molecule has 1 aromatic rings. The molecule has 0 bridgehead atoms. The Labute approximate surface area is 117 Å². The maximum Gasteiger partial charge on any atom is 0.227 e. The van der Waals surface area contributed by atoms with E-state index in [9.17, 15) is 9.90 Å². The molecule has 1 saturated heterocycles. The Balaban J connectivity index is 1.99. The van der Waals surface area contributed by atoms with Gasteiger partial charge >= 0.3 is 0 Å². The lowest BCUT2D eigenvalue weighted by atomic mass is 10.1. The van der Waals surface area contributed by atoms with Crippen molar-refractivity contribution in [2.75, 3.05) is 19.0 Å². The average molecular weight is 284 g/mol. The number of morpholine rings is 1. The van der Waals surface area contributed by atoms with Crippen LogP contribution in [0.5, 0.6) is 5.75 Å². The van der Waals surface area contributed by atoms with Crippen molar-refractivity contribution >= 4 is 17.5 Å². The minimum atomic E-state index is -0.0986. The van der Waals surface area contributed by atoms with E-state index in [1.54, 1.807) is 23.1 Å². The Hall–Kier alpha value is -1.26. The van der Waals surface area contributed by atoms with Crippen molar-refractivity contribution < 1.29 is 14.6 Å². The van der Waals surface area contributed by atoms with Gasteiger partial charge in [0.2, 0.25) is 5.91 Å². The first-order valence-corrected chi connectivity index (χ1v) is 6.89. The third kappa shape index (κ3) is 3.85. The Morgan fingerprint density at radius 2 is 2.32 bits per heavy atom. The number of amides is 1. The molecule has 1 aromatic carbocycles. The van der Waals surface area contributed by atoms with Crippen molar-refractivity contribution in [1.29, 1.82) is 0 Å². The van der Waals surface area contributed by atoms with E-state index >= 15 is 0 Å². The number of carbonyl (C=O) groups excluding carboxylic acids is 1. The second-order valence-electron chi connectivity index (χ2n) is 4.87. The molecule has 2 atom stereocenters. The molecular formula is C14H18ClNO3. The fourth-order valence-corrected chi connectivity index (χ4v) is 2.46. The molecule has 4 nitrogen and oxygen atoms in total. The van der Waals surface area contributed by atoms with Crippen LogP contribution in [0.15, 0.2) is 24.3 Å². The summed E-state index contributed by atoms with van der Waals surface area (Å²) in [6, 6.07) is 6.77. The molecule has 2 rings (SSSR count). The van der Waals surface area contributed by atoms with Gasteiger partial charge in [-0.05, 0) is 24.6 Å². The molecule has 5 heteroatoms. The van der Waals surface area contributed by atoms with Crippen LogP contribution < -0.4 is 0 Å². The van der Waals surface area contributed by atoms with E-state index in [0.717, 1.165) is 5.56 Å². The summed E-state index contributed by atoms with van der Waals surface area (Å²) in [6.07, 6.45) is 0.194. The summed E-state index contributed by atoms with van der Waals surface area (Å²) in [6.45, 7) is 3.06. The summed E-state index contributed by atoms with van der Waals surface area (Å²) >= 11 is 5.80. The van der Waals surface area contributed by atoms with E-state index in [-0.39, 0.29) is 30.3 Å². The zero-order valence-electron chi connectivity index (χ0n) is 10.9. The zero-order chi connectivity index (χ0) is 13.8. The zero-order valence-corrected chi connectivity index (χ0v) is 11.6. The van der Waals surface area contributed by atoms with Crippen molar-refractivity contribution in [2.24, 2.45) is 0 Å². The summed E-state index contributed by atoms with van der Waals surface area (Å²) in [5.41, 5.74) is 0.812. The number of aromatic hydroxyl groups is 1. The third-order valence-corrected chi connectivity index (χ3v) is 3.46. The number of halogens is 1. The lowest BCUT2D eigenvalue weighted by molar-refractivity contribution is -0.142. The van der Waals surface area contributed by atoms with E-state index in [2.05, 4.69) is 0 Å². The van der Waals surface area contributed by atoms with Gasteiger partial charge in [0.1, 0.15) is 5.75 Å². The Morgan fingerprint density at radius 1 is 1.53 bits per heavy atom. The lowest BCUT2D eigenvalue weighted by Gasteiger charge is -2.36. The number of carbonyl (C=O) groups is 1. The van der Waals surface area contributed by atoms with Gasteiger partial charge in [0.15, 0.2) is 0 Å². The van der Waals surface area contributed by atoms with Crippen molar-refractivity contribution in [2.45, 2.75) is 25.6 Å². The highest BCUT2D eigenvalue weighted by Gasteiger charge is 2.27. The summed E-state index contributed by atoms with van der Waals surface area (Å²) in [4.78, 5) is 14.0. The Morgan fingerprint density at radius 3 is 3.00 bits per heavy atom. The van der Waals surface area contributed by atoms with Gasteiger partial charge in [-0.15, -0.1) is 11.6 Å². The molecule has 19 heavy (non-hydrogen) atoms. The van der Waals surface area contributed by atoms with Gasteiger partial charge in [-0.2, -0.15) is 0 Å². The van der Waals surface area contributed by atoms with Gasteiger partial charge in [-0.1, -0.05) is 12.1 Å². The summed E-state index contributed by atoms with van der Waals surface area (Å²) in [7, 11) is 0. The fraction of sp³-hybridized carbons (Fsp3) is 0.500. The maximum atomic E-state index is 12.2. The molecule has 0 saturated carbocycles. The smallest absolute Gasteiger partial charge is 0.227 e. The molecule has 0 radical (unpaired) electrons. The molecule has 1 N–H and O–H groups in total. The predicted octanol–water partition coefficient (Wildman–Crippen LogP) is 1.79. The molecular weight excluding hydrogens is 266 g/mol. The van der Waals surface area contributed by atoms with E-state index in [1.807, 2.05) is 13.0 Å². The topological polar surface area (TPSA) is 49.8 Å². The summed E-state index contributed by atoms with van der Waals surface area (Å²) in [5.74, 6) is 0.607. The summed E-state index contributed by atoms with van der Waals surface area (Å²) in [5, 5.41) is 9.40. The van der Waals surface area contributed by atoms with Crippen LogP contribution in [0.25, 0.3) is 0 Å². The van der Waals surface area contributed by atoms with Gasteiger partial charge in [0.25, 0.3) is 0 Å². The fourth-order valence-electron chi connectivity index (χ4n) is 2.29. The van der Waals surface area contributed by atoms with Gasteiger partial charge < -0.3 is 14.7 Å². The maximum absolute atomic E-state index is 12.2. The number of nitrogens with zero attached hydrogens (tertiary/aromatic N) is 1. The summed E-state index contributed by atoms with van der Waals surface area (Å²) < 4.78 is 5.62. The second kappa shape index (κ2) is 6.26. The monoisotopic (exact) mass is 283 g/mol. The number of rotatable bonds is 3. The number of hydrogen-bond acceptors (Lipinski definition) is 3. The standard InChI is InChI=1S/C14H18ClNO3/c1-10-8-16(9-13(7-15)19-10)14(18)6-11-3-2-4-12(17)5-11/h2-5,10,13,17H,6-9H2,1H3. The highest BCUT2D eigenvalue weighted by Crippen LogP contribution is 2.16. The van der Waals surface area contributed by atoms with E-state index in [1.165, 1.54) is 0 Å². The van der Waals surface area contributed by atoms with Crippen LogP contribution in [0.4, 0.5) is 0 Å². The second-order valence-corrected chi connectivity index (χ2v) is 5.18. The molecule has 0 aliphatic carbocycles. The van der Waals surface area contributed by atoms with E-state index < -0.39 is 0 Å². The molecule has 2 unspecified atom stereocenters. The quantitative estimate of drug-likeness (QED) is 0.861. The first-order valence-electron chi connectivity index (χ1n) is 6.35. The van der Waals surface area contributed by atoms with Crippen LogP contribution in [-0.4, -0.2) is 47.1 Å². The van der Waals surface area contributed by atoms with E-state index in [4.69, 9.17) is 16.3 Å². The van der Waals surface area contributed by atoms with E-state index in [0.29, 0.717) is 19.0 Å². The number of phenolic OH excluding ortho intramolecular Hbond substituents is 1. The van der Waals surface area contributed by atoms with Crippen LogP contribution in [-0.2, 0) is 16.0 Å².